The molecule has 0 aliphatic carbocycles. The Balaban J connectivity index is 0.00000512. The maximum atomic E-state index is 12.1. The second-order valence-electron chi connectivity index (χ2n) is 8.09. The minimum atomic E-state index is -4.53. The first-order valence-electron chi connectivity index (χ1n) is 11.5. The Bertz CT molecular complexity index is 885. The molecule has 2 rings (SSSR count). The van der Waals surface area contributed by atoms with E-state index in [0.29, 0.717) is 17.7 Å². The summed E-state index contributed by atoms with van der Waals surface area (Å²) in [6.45, 7) is 2.23. The van der Waals surface area contributed by atoms with E-state index in [9.17, 15) is 18.1 Å². The molecule has 0 spiro atoms. The van der Waals surface area contributed by atoms with E-state index in [4.69, 9.17) is 4.74 Å². The van der Waals surface area contributed by atoms with Gasteiger partial charge < -0.3 is 9.84 Å². The van der Waals surface area contributed by atoms with Gasteiger partial charge in [0.1, 0.15) is 16.4 Å². The van der Waals surface area contributed by atoms with Gasteiger partial charge in [-0.1, -0.05) is 95.4 Å². The summed E-state index contributed by atoms with van der Waals surface area (Å²) in [6, 6.07) is 11.0. The normalized spacial score (nSPS) is 11.2. The van der Waals surface area contributed by atoms with E-state index in [1.165, 1.54) is 57.4 Å². The summed E-state index contributed by atoms with van der Waals surface area (Å²) in [7, 11) is -4.53. The fourth-order valence-corrected chi connectivity index (χ4v) is 4.63. The molecule has 1 N–H and O–H groups in total. The summed E-state index contributed by atoms with van der Waals surface area (Å²) >= 11 is 0. The van der Waals surface area contributed by atoms with Crippen LogP contribution in [0.5, 0.6) is 17.2 Å². The van der Waals surface area contributed by atoms with E-state index in [2.05, 4.69) is 6.92 Å². The first-order valence-corrected chi connectivity index (χ1v) is 12.9. The van der Waals surface area contributed by atoms with Crippen LogP contribution in [0.1, 0.15) is 83.1 Å². The summed E-state index contributed by atoms with van der Waals surface area (Å²) in [5.41, 5.74) is 0.317. The van der Waals surface area contributed by atoms with Crippen molar-refractivity contribution in [2.45, 2.75) is 88.9 Å². The molecule has 0 aliphatic heterocycles. The fourth-order valence-electron chi connectivity index (χ4n) is 3.78. The molecule has 0 bridgehead atoms. The number of unbranched alkanes of at least 4 members (excludes halogenated alkanes) is 10. The Morgan fingerprint density at radius 3 is 1.91 bits per heavy atom. The van der Waals surface area contributed by atoms with Crippen LogP contribution in [0.25, 0.3) is 0 Å². The third-order valence-corrected chi connectivity index (χ3v) is 6.36. The Kier molecular flexibility index (Phi) is 14.2. The molecular formula is C25H35NaO5S. The number of hydrogen-bond acceptors (Lipinski definition) is 4. The fraction of sp³-hybridized carbons (Fsp3) is 0.520. The number of rotatable bonds is 15. The van der Waals surface area contributed by atoms with Gasteiger partial charge in [-0.3, -0.25) is 4.55 Å². The zero-order chi connectivity index (χ0) is 22.5. The van der Waals surface area contributed by atoms with Crippen LogP contribution in [0.3, 0.4) is 0 Å². The first kappa shape index (κ1) is 29.0. The van der Waals surface area contributed by atoms with Crippen LogP contribution in [0.4, 0.5) is 0 Å². The van der Waals surface area contributed by atoms with E-state index < -0.39 is 10.1 Å². The second-order valence-corrected chi connectivity index (χ2v) is 9.44. The van der Waals surface area contributed by atoms with Gasteiger partial charge in [0.15, 0.2) is 0 Å². The predicted molar refractivity (Wildman–Crippen MR) is 122 cm³/mol. The molecule has 0 amide bonds. The van der Waals surface area contributed by atoms with E-state index in [1.807, 2.05) is 0 Å². The largest absolute Gasteiger partial charge is 1.00 e. The van der Waals surface area contributed by atoms with Gasteiger partial charge in [0.2, 0.25) is 0 Å². The molecule has 2 aromatic carbocycles. The van der Waals surface area contributed by atoms with Crippen molar-refractivity contribution >= 4 is 10.1 Å². The number of aryl methyl sites for hydroxylation is 1. The Hall–Kier alpha value is -1.05. The van der Waals surface area contributed by atoms with Gasteiger partial charge in [0.05, 0.1) is 0 Å². The van der Waals surface area contributed by atoms with Crippen molar-refractivity contribution in [3.05, 3.63) is 48.0 Å². The maximum absolute atomic E-state index is 12.1. The number of benzene rings is 2. The number of ether oxygens (including phenoxy) is 1. The predicted octanol–water partition coefficient (Wildman–Crippen LogP) is 3.66. The third-order valence-electron chi connectivity index (χ3n) is 5.38. The Labute approximate surface area is 215 Å². The first-order chi connectivity index (χ1) is 14.9. The molecule has 0 fully saturated rings. The van der Waals surface area contributed by atoms with E-state index >= 15 is 0 Å². The number of hydrogen-bond donors (Lipinski definition) is 1. The van der Waals surface area contributed by atoms with Gasteiger partial charge in [0, 0.05) is 0 Å². The molecule has 172 valence electrons. The van der Waals surface area contributed by atoms with Gasteiger partial charge in [0.25, 0.3) is 10.1 Å². The molecule has 0 saturated carbocycles. The molecule has 0 atom stereocenters. The van der Waals surface area contributed by atoms with Crippen molar-refractivity contribution in [2.24, 2.45) is 0 Å². The third kappa shape index (κ3) is 10.7. The Morgan fingerprint density at radius 1 is 0.844 bits per heavy atom. The molecule has 7 heteroatoms. The molecule has 0 aliphatic rings. The van der Waals surface area contributed by atoms with Gasteiger partial charge >= 0.3 is 29.6 Å². The second kappa shape index (κ2) is 15.7. The van der Waals surface area contributed by atoms with Gasteiger partial charge in [-0.05, 0) is 36.6 Å². The topological polar surface area (TPSA) is 86.7 Å². The molecule has 2 aromatic rings. The zero-order valence-corrected chi connectivity index (χ0v) is 22.3. The quantitative estimate of drug-likeness (QED) is 0.244. The van der Waals surface area contributed by atoms with E-state index in [1.54, 1.807) is 30.3 Å². The van der Waals surface area contributed by atoms with Crippen molar-refractivity contribution in [1.29, 1.82) is 0 Å². The SMILES string of the molecule is CCCCCCCCCCCCCc1cc([O-])cc(Oc2ccccc2)c1S(=O)(=O)O.[Na+]. The smallest absolute Gasteiger partial charge is 0.872 e. The maximum Gasteiger partial charge on any atom is 1.00 e. The molecular weight excluding hydrogens is 435 g/mol. The average molecular weight is 471 g/mol. The van der Waals surface area contributed by atoms with Crippen LogP contribution in [0.15, 0.2) is 47.4 Å². The molecule has 0 radical (unpaired) electrons. The summed E-state index contributed by atoms with van der Waals surface area (Å²) in [5, 5.41) is 12.1. The van der Waals surface area contributed by atoms with E-state index in [0.717, 1.165) is 25.3 Å². The van der Waals surface area contributed by atoms with Crippen LogP contribution in [0.2, 0.25) is 0 Å². The van der Waals surface area contributed by atoms with E-state index in [-0.39, 0.29) is 46.0 Å². The van der Waals surface area contributed by atoms with Crippen LogP contribution in [-0.2, 0) is 16.5 Å². The molecule has 5 nitrogen and oxygen atoms in total. The summed E-state index contributed by atoms with van der Waals surface area (Å²) in [6.07, 6.45) is 13.4. The molecule has 0 unspecified atom stereocenters. The summed E-state index contributed by atoms with van der Waals surface area (Å²) < 4.78 is 39.5. The van der Waals surface area contributed by atoms with Crippen molar-refractivity contribution in [1.82, 2.24) is 0 Å². The van der Waals surface area contributed by atoms with Crippen molar-refractivity contribution in [3.8, 4) is 17.2 Å². The minimum Gasteiger partial charge on any atom is -0.872 e. The van der Waals surface area contributed by atoms with Gasteiger partial charge in [-0.15, -0.1) is 5.75 Å². The molecule has 32 heavy (non-hydrogen) atoms. The zero-order valence-electron chi connectivity index (χ0n) is 19.5. The number of para-hydroxylation sites is 1. The molecule has 0 saturated heterocycles. The Morgan fingerprint density at radius 2 is 1.38 bits per heavy atom. The minimum absolute atomic E-state index is 0. The van der Waals surface area contributed by atoms with Gasteiger partial charge in [-0.25, -0.2) is 0 Å². The molecule has 0 heterocycles. The average Bonchev–Trinajstić information content (AvgIpc) is 2.71. The van der Waals surface area contributed by atoms with Crippen LogP contribution in [-0.4, -0.2) is 13.0 Å². The van der Waals surface area contributed by atoms with Crippen molar-refractivity contribution < 1.29 is 52.4 Å². The van der Waals surface area contributed by atoms with Crippen molar-refractivity contribution in [3.63, 3.8) is 0 Å². The summed E-state index contributed by atoms with van der Waals surface area (Å²) in [4.78, 5) is -0.303. The van der Waals surface area contributed by atoms with Gasteiger partial charge in [-0.2, -0.15) is 8.42 Å². The van der Waals surface area contributed by atoms with Crippen LogP contribution < -0.4 is 39.4 Å². The standard InChI is InChI=1S/C25H36O5S.Na/c1-2-3-4-5-6-7-8-9-10-11-13-16-21-19-22(26)20-24(25(21)31(27,28)29)30-23-17-14-12-15-18-23;/h12,14-15,17-20,26H,2-11,13,16H2,1H3,(H,27,28,29);/q;+1/p-1. The van der Waals surface area contributed by atoms with Crippen LogP contribution >= 0.6 is 0 Å². The van der Waals surface area contributed by atoms with Crippen LogP contribution in [0, 0.1) is 0 Å². The summed E-state index contributed by atoms with van der Waals surface area (Å²) in [5.74, 6) is -0.0608. The molecule has 0 aromatic heterocycles. The monoisotopic (exact) mass is 470 g/mol. The van der Waals surface area contributed by atoms with Crippen molar-refractivity contribution in [2.75, 3.05) is 0 Å².